The number of hydrogen-bond acceptors (Lipinski definition) is 4. The van der Waals surface area contributed by atoms with E-state index in [1.165, 1.54) is 6.42 Å². The maximum Gasteiger partial charge on any atom is 0.407 e. The molecule has 0 saturated carbocycles. The van der Waals surface area contributed by atoms with Crippen molar-refractivity contribution in [1.29, 1.82) is 0 Å². The van der Waals surface area contributed by atoms with Gasteiger partial charge in [-0.3, -0.25) is 4.99 Å². The van der Waals surface area contributed by atoms with Crippen molar-refractivity contribution in [3.8, 4) is 0 Å². The first-order valence-corrected chi connectivity index (χ1v) is 9.43. The number of hydrogen-bond donors (Lipinski definition) is 3. The van der Waals surface area contributed by atoms with E-state index in [-0.39, 0.29) is 36.1 Å². The van der Waals surface area contributed by atoms with E-state index < -0.39 is 5.60 Å². The Kier molecular flexibility index (Phi) is 9.43. The van der Waals surface area contributed by atoms with Crippen molar-refractivity contribution < 1.29 is 14.3 Å². The van der Waals surface area contributed by atoms with Crippen molar-refractivity contribution in [2.45, 2.75) is 89.7 Å². The topological polar surface area (TPSA) is 84.0 Å². The molecule has 0 radical (unpaired) electrons. The fourth-order valence-corrected chi connectivity index (χ4v) is 3.43. The zero-order valence-electron chi connectivity index (χ0n) is 16.6. The standard InChI is InChI=1S/C18H34N4O3.HI/c1-6-7-12(21-17(23)25-18(2,3)4)11-20-16(19-5)22-14-10-13-8-9-15(14)24-13;/h12-15H,6-11H2,1-5H3,(H,21,23)(H2,19,20,22);1H. The highest BCUT2D eigenvalue weighted by Crippen LogP contribution is 2.34. The highest BCUT2D eigenvalue weighted by Gasteiger charge is 2.41. The first-order chi connectivity index (χ1) is 11.8. The maximum atomic E-state index is 12.0. The smallest absolute Gasteiger partial charge is 0.407 e. The van der Waals surface area contributed by atoms with Gasteiger partial charge in [-0.2, -0.15) is 0 Å². The van der Waals surface area contributed by atoms with Crippen molar-refractivity contribution in [3.63, 3.8) is 0 Å². The molecule has 2 rings (SSSR count). The quantitative estimate of drug-likeness (QED) is 0.308. The lowest BCUT2D eigenvalue weighted by Gasteiger charge is -2.26. The predicted molar refractivity (Wildman–Crippen MR) is 114 cm³/mol. The molecule has 2 bridgehead atoms. The normalized spacial score (nSPS) is 26.0. The minimum absolute atomic E-state index is 0. The maximum absolute atomic E-state index is 12.0. The Morgan fingerprint density at radius 2 is 2.08 bits per heavy atom. The number of aliphatic imine (C=N–C) groups is 1. The Morgan fingerprint density at radius 1 is 1.35 bits per heavy atom. The van der Waals surface area contributed by atoms with E-state index >= 15 is 0 Å². The lowest BCUT2D eigenvalue weighted by atomic mass is 9.96. The van der Waals surface area contributed by atoms with E-state index in [0.29, 0.717) is 24.8 Å². The van der Waals surface area contributed by atoms with Crippen LogP contribution in [-0.4, -0.2) is 55.5 Å². The first-order valence-electron chi connectivity index (χ1n) is 9.43. The number of guanidine groups is 1. The summed E-state index contributed by atoms with van der Waals surface area (Å²) in [6.45, 7) is 8.30. The fraction of sp³-hybridized carbons (Fsp3) is 0.889. The lowest BCUT2D eigenvalue weighted by Crippen LogP contribution is -2.51. The van der Waals surface area contributed by atoms with Crippen LogP contribution in [-0.2, 0) is 9.47 Å². The van der Waals surface area contributed by atoms with E-state index in [1.54, 1.807) is 7.05 Å². The number of amides is 1. The summed E-state index contributed by atoms with van der Waals surface area (Å²) in [4.78, 5) is 16.3. The summed E-state index contributed by atoms with van der Waals surface area (Å²) in [5.74, 6) is 0.758. The number of fused-ring (bicyclic) bond motifs is 2. The van der Waals surface area contributed by atoms with Gasteiger partial charge in [0.2, 0.25) is 0 Å². The zero-order chi connectivity index (χ0) is 18.4. The fourth-order valence-electron chi connectivity index (χ4n) is 3.43. The molecule has 2 saturated heterocycles. The van der Waals surface area contributed by atoms with E-state index in [0.717, 1.165) is 31.6 Å². The van der Waals surface area contributed by atoms with Crippen LogP contribution in [0.5, 0.6) is 0 Å². The molecule has 7 nitrogen and oxygen atoms in total. The summed E-state index contributed by atoms with van der Waals surface area (Å²) < 4.78 is 11.2. The van der Waals surface area contributed by atoms with Gasteiger partial charge in [0.05, 0.1) is 18.2 Å². The molecule has 3 N–H and O–H groups in total. The first kappa shape index (κ1) is 23.3. The van der Waals surface area contributed by atoms with Crippen molar-refractivity contribution in [2.75, 3.05) is 13.6 Å². The summed E-state index contributed by atoms with van der Waals surface area (Å²) in [5, 5.41) is 9.72. The van der Waals surface area contributed by atoms with Gasteiger partial charge in [0.1, 0.15) is 5.60 Å². The molecule has 2 heterocycles. The van der Waals surface area contributed by atoms with Gasteiger partial charge in [0, 0.05) is 19.6 Å². The molecule has 2 aliphatic rings. The second-order valence-corrected chi connectivity index (χ2v) is 7.95. The van der Waals surface area contributed by atoms with Crippen LogP contribution in [0.1, 0.15) is 59.8 Å². The minimum atomic E-state index is -0.492. The number of alkyl carbamates (subject to hydrolysis) is 1. The molecule has 0 spiro atoms. The van der Waals surface area contributed by atoms with Crippen LogP contribution in [0.25, 0.3) is 0 Å². The van der Waals surface area contributed by atoms with Crippen molar-refractivity contribution >= 4 is 36.0 Å². The number of halogens is 1. The average Bonchev–Trinajstić information content (AvgIpc) is 3.12. The third kappa shape index (κ3) is 7.46. The molecule has 4 unspecified atom stereocenters. The molecule has 2 aliphatic heterocycles. The van der Waals surface area contributed by atoms with E-state index in [2.05, 4.69) is 27.9 Å². The molecule has 0 aromatic heterocycles. The molecule has 2 fully saturated rings. The molecule has 0 aromatic carbocycles. The second-order valence-electron chi connectivity index (χ2n) is 7.95. The SMILES string of the molecule is CCCC(CNC(=NC)NC1CC2CCC1O2)NC(=O)OC(C)(C)C.I. The number of rotatable bonds is 6. The monoisotopic (exact) mass is 482 g/mol. The third-order valence-electron chi connectivity index (χ3n) is 4.53. The second kappa shape index (κ2) is 10.5. The van der Waals surface area contributed by atoms with Crippen molar-refractivity contribution in [1.82, 2.24) is 16.0 Å². The number of nitrogens with zero attached hydrogens (tertiary/aromatic N) is 1. The Morgan fingerprint density at radius 3 is 2.58 bits per heavy atom. The van der Waals surface area contributed by atoms with Gasteiger partial charge in [-0.1, -0.05) is 13.3 Å². The summed E-state index contributed by atoms with van der Waals surface area (Å²) >= 11 is 0. The van der Waals surface area contributed by atoms with Crippen LogP contribution >= 0.6 is 24.0 Å². The molecular formula is C18H35IN4O3. The van der Waals surface area contributed by atoms with Crippen molar-refractivity contribution in [3.05, 3.63) is 0 Å². The molecule has 26 heavy (non-hydrogen) atoms. The molecule has 4 atom stereocenters. The lowest BCUT2D eigenvalue weighted by molar-refractivity contribution is 0.0502. The van der Waals surface area contributed by atoms with Gasteiger partial charge in [-0.15, -0.1) is 24.0 Å². The molecule has 152 valence electrons. The van der Waals surface area contributed by atoms with Gasteiger partial charge in [-0.25, -0.2) is 4.79 Å². The van der Waals surface area contributed by atoms with E-state index in [1.807, 2.05) is 20.8 Å². The largest absolute Gasteiger partial charge is 0.444 e. The number of ether oxygens (including phenoxy) is 2. The Balaban J connectivity index is 0.00000338. The highest BCUT2D eigenvalue weighted by molar-refractivity contribution is 14.0. The Bertz CT molecular complexity index is 482. The van der Waals surface area contributed by atoms with Gasteiger partial charge in [-0.05, 0) is 46.5 Å². The molecule has 0 aromatic rings. The van der Waals surface area contributed by atoms with Crippen molar-refractivity contribution in [2.24, 2.45) is 4.99 Å². The summed E-state index contributed by atoms with van der Waals surface area (Å²) in [6.07, 6.45) is 5.52. The summed E-state index contributed by atoms with van der Waals surface area (Å²) in [5.41, 5.74) is -0.492. The van der Waals surface area contributed by atoms with E-state index in [9.17, 15) is 4.79 Å². The van der Waals surface area contributed by atoms with Crippen LogP contribution < -0.4 is 16.0 Å². The predicted octanol–water partition coefficient (Wildman–Crippen LogP) is 2.78. The van der Waals surface area contributed by atoms with Crippen LogP contribution in [0.4, 0.5) is 4.79 Å². The van der Waals surface area contributed by atoms with Crippen LogP contribution in [0.2, 0.25) is 0 Å². The number of carbonyl (C=O) groups is 1. The number of carbonyl (C=O) groups excluding carboxylic acids is 1. The summed E-state index contributed by atoms with van der Waals surface area (Å²) in [7, 11) is 1.76. The molecule has 1 amide bonds. The highest BCUT2D eigenvalue weighted by atomic mass is 127. The van der Waals surface area contributed by atoms with E-state index in [4.69, 9.17) is 9.47 Å². The average molecular weight is 482 g/mol. The molecular weight excluding hydrogens is 447 g/mol. The molecule has 0 aliphatic carbocycles. The van der Waals surface area contributed by atoms with Gasteiger partial charge < -0.3 is 25.4 Å². The summed E-state index contributed by atoms with van der Waals surface area (Å²) in [6, 6.07) is 0.322. The van der Waals surface area contributed by atoms with Gasteiger partial charge >= 0.3 is 6.09 Å². The Labute approximate surface area is 174 Å². The van der Waals surface area contributed by atoms with Gasteiger partial charge in [0.15, 0.2) is 5.96 Å². The van der Waals surface area contributed by atoms with Gasteiger partial charge in [0.25, 0.3) is 0 Å². The third-order valence-corrected chi connectivity index (χ3v) is 4.53. The Hall–Kier alpha value is -0.770. The van der Waals surface area contributed by atoms with Crippen LogP contribution in [0.15, 0.2) is 4.99 Å². The van der Waals surface area contributed by atoms with Crippen LogP contribution in [0, 0.1) is 0 Å². The minimum Gasteiger partial charge on any atom is -0.444 e. The number of nitrogens with one attached hydrogen (secondary N) is 3. The zero-order valence-corrected chi connectivity index (χ0v) is 19.0. The van der Waals surface area contributed by atoms with Crippen LogP contribution in [0.3, 0.4) is 0 Å². The molecule has 8 heteroatoms.